The van der Waals surface area contributed by atoms with Gasteiger partial charge in [0.2, 0.25) is 0 Å². The van der Waals surface area contributed by atoms with E-state index in [1.165, 1.54) is 0 Å². The molecule has 1 N–H and O–H groups in total. The fourth-order valence-corrected chi connectivity index (χ4v) is 1.75. The van der Waals surface area contributed by atoms with Crippen LogP contribution < -0.4 is 10.1 Å². The Balaban J connectivity index is 2.04. The molecule has 3 nitrogen and oxygen atoms in total. The molecule has 18 heavy (non-hydrogen) atoms. The Morgan fingerprint density at radius 2 is 1.83 bits per heavy atom. The van der Waals surface area contributed by atoms with Gasteiger partial charge in [-0.1, -0.05) is 23.2 Å². The molecule has 0 amide bonds. The van der Waals surface area contributed by atoms with Crippen LogP contribution in [0.25, 0.3) is 0 Å². The highest BCUT2D eigenvalue weighted by Gasteiger charge is 2.04. The second-order valence-corrected chi connectivity index (χ2v) is 4.42. The largest absolute Gasteiger partial charge is 0.487 e. The summed E-state index contributed by atoms with van der Waals surface area (Å²) in [7, 11) is 1.87. The van der Waals surface area contributed by atoms with E-state index in [0.717, 1.165) is 11.4 Å². The molecular weight excluding hydrogens is 271 g/mol. The van der Waals surface area contributed by atoms with Gasteiger partial charge in [0.25, 0.3) is 0 Å². The van der Waals surface area contributed by atoms with E-state index >= 15 is 0 Å². The van der Waals surface area contributed by atoms with Gasteiger partial charge in [-0.05, 0) is 36.4 Å². The number of pyridine rings is 1. The number of aromatic nitrogens is 1. The minimum absolute atomic E-state index is 0.290. The van der Waals surface area contributed by atoms with Gasteiger partial charge in [0.05, 0.1) is 10.7 Å². The summed E-state index contributed by atoms with van der Waals surface area (Å²) in [5, 5.41) is 3.99. The third-order valence-electron chi connectivity index (χ3n) is 2.40. The third-order valence-corrected chi connectivity index (χ3v) is 2.96. The van der Waals surface area contributed by atoms with Gasteiger partial charge >= 0.3 is 0 Å². The zero-order valence-corrected chi connectivity index (χ0v) is 11.3. The minimum Gasteiger partial charge on any atom is -0.487 e. The monoisotopic (exact) mass is 282 g/mol. The molecule has 2 aromatic rings. The lowest BCUT2D eigenvalue weighted by atomic mass is 10.3. The van der Waals surface area contributed by atoms with Crippen molar-refractivity contribution in [2.45, 2.75) is 6.61 Å². The van der Waals surface area contributed by atoms with Crippen LogP contribution in [0.2, 0.25) is 10.2 Å². The van der Waals surface area contributed by atoms with Gasteiger partial charge in [0, 0.05) is 12.7 Å². The van der Waals surface area contributed by atoms with Crippen molar-refractivity contribution >= 4 is 28.9 Å². The summed E-state index contributed by atoms with van der Waals surface area (Å²) in [6.07, 6.45) is 0. The molecule has 0 aliphatic heterocycles. The molecule has 0 unspecified atom stereocenters. The van der Waals surface area contributed by atoms with E-state index in [1.54, 1.807) is 12.1 Å². The Morgan fingerprint density at radius 1 is 1.11 bits per heavy atom. The van der Waals surface area contributed by atoms with Crippen LogP contribution in [0.15, 0.2) is 36.4 Å². The first kappa shape index (κ1) is 13.0. The topological polar surface area (TPSA) is 34.1 Å². The number of halogens is 2. The molecule has 5 heteroatoms. The number of nitrogens with zero attached hydrogens (tertiary/aromatic N) is 1. The molecule has 1 heterocycles. The standard InChI is InChI=1S/C13H12Cl2N2O/c1-16-9-2-4-10(5-3-9)18-8-12-11(14)6-7-13(15)17-12/h2-7,16H,8H2,1H3. The molecule has 0 bridgehead atoms. The molecule has 1 aromatic carbocycles. The molecule has 0 fully saturated rings. The average Bonchev–Trinajstić information content (AvgIpc) is 2.40. The molecular formula is C13H12Cl2N2O. The highest BCUT2D eigenvalue weighted by molar-refractivity contribution is 6.32. The number of rotatable bonds is 4. The maximum Gasteiger partial charge on any atom is 0.132 e. The van der Waals surface area contributed by atoms with Gasteiger partial charge in [0.15, 0.2) is 0 Å². The molecule has 0 radical (unpaired) electrons. The lowest BCUT2D eigenvalue weighted by Gasteiger charge is -2.08. The Morgan fingerprint density at radius 3 is 2.50 bits per heavy atom. The quantitative estimate of drug-likeness (QED) is 0.861. The molecule has 1 aromatic heterocycles. The summed E-state index contributed by atoms with van der Waals surface area (Å²) in [5.74, 6) is 0.756. The fourth-order valence-electron chi connectivity index (χ4n) is 1.43. The van der Waals surface area contributed by atoms with Crippen LogP contribution >= 0.6 is 23.2 Å². The molecule has 94 valence electrons. The normalized spacial score (nSPS) is 10.2. The first-order chi connectivity index (χ1) is 8.69. The smallest absolute Gasteiger partial charge is 0.132 e. The second kappa shape index (κ2) is 5.94. The van der Waals surface area contributed by atoms with Gasteiger partial charge in [-0.3, -0.25) is 0 Å². The van der Waals surface area contributed by atoms with E-state index in [0.29, 0.717) is 15.9 Å². The van der Waals surface area contributed by atoms with Gasteiger partial charge in [0.1, 0.15) is 17.5 Å². The number of ether oxygens (including phenoxy) is 1. The number of hydrogen-bond acceptors (Lipinski definition) is 3. The summed E-state index contributed by atoms with van der Waals surface area (Å²) in [6, 6.07) is 11.0. The molecule has 2 rings (SSSR count). The van der Waals surface area contributed by atoms with E-state index in [9.17, 15) is 0 Å². The van der Waals surface area contributed by atoms with E-state index < -0.39 is 0 Å². The van der Waals surface area contributed by atoms with Crippen molar-refractivity contribution in [3.63, 3.8) is 0 Å². The first-order valence-electron chi connectivity index (χ1n) is 5.40. The van der Waals surface area contributed by atoms with Gasteiger partial charge in [-0.2, -0.15) is 0 Å². The summed E-state index contributed by atoms with van der Waals surface area (Å²) in [6.45, 7) is 0.290. The van der Waals surface area contributed by atoms with Crippen LogP contribution in [0.1, 0.15) is 5.69 Å². The minimum atomic E-state index is 0.290. The van der Waals surface area contributed by atoms with E-state index in [-0.39, 0.29) is 6.61 Å². The molecule has 0 saturated heterocycles. The molecule has 0 saturated carbocycles. The number of nitrogens with one attached hydrogen (secondary N) is 1. The summed E-state index contributed by atoms with van der Waals surface area (Å²) in [4.78, 5) is 4.12. The van der Waals surface area contributed by atoms with Crippen LogP contribution in [0.4, 0.5) is 5.69 Å². The Kier molecular flexibility index (Phi) is 4.28. The Bertz CT molecular complexity index is 529. The molecule has 0 spiro atoms. The van der Waals surface area contributed by atoms with E-state index in [1.807, 2.05) is 31.3 Å². The van der Waals surface area contributed by atoms with Crippen molar-refractivity contribution in [2.24, 2.45) is 0 Å². The van der Waals surface area contributed by atoms with Crippen molar-refractivity contribution in [3.8, 4) is 5.75 Å². The predicted molar refractivity (Wildman–Crippen MR) is 74.6 cm³/mol. The van der Waals surface area contributed by atoms with Crippen molar-refractivity contribution in [1.29, 1.82) is 0 Å². The summed E-state index contributed by atoms with van der Waals surface area (Å²) in [5.41, 5.74) is 1.66. The average molecular weight is 283 g/mol. The van der Waals surface area contributed by atoms with Crippen LogP contribution in [0.3, 0.4) is 0 Å². The van der Waals surface area contributed by atoms with Crippen molar-refractivity contribution in [2.75, 3.05) is 12.4 Å². The van der Waals surface area contributed by atoms with Crippen LogP contribution in [-0.2, 0) is 6.61 Å². The van der Waals surface area contributed by atoms with Gasteiger partial charge in [-0.15, -0.1) is 0 Å². The predicted octanol–water partition coefficient (Wildman–Crippen LogP) is 4.01. The highest BCUT2D eigenvalue weighted by Crippen LogP contribution is 2.20. The number of benzene rings is 1. The van der Waals surface area contributed by atoms with Crippen LogP contribution in [-0.4, -0.2) is 12.0 Å². The maximum atomic E-state index is 6.00. The van der Waals surface area contributed by atoms with E-state index in [4.69, 9.17) is 27.9 Å². The molecule has 0 aliphatic rings. The lowest BCUT2D eigenvalue weighted by Crippen LogP contribution is -1.99. The Labute approximate surface area is 116 Å². The third kappa shape index (κ3) is 3.28. The zero-order chi connectivity index (χ0) is 13.0. The highest BCUT2D eigenvalue weighted by atomic mass is 35.5. The van der Waals surface area contributed by atoms with Gasteiger partial charge < -0.3 is 10.1 Å². The SMILES string of the molecule is CNc1ccc(OCc2nc(Cl)ccc2Cl)cc1. The first-order valence-corrected chi connectivity index (χ1v) is 6.16. The van der Waals surface area contributed by atoms with Crippen molar-refractivity contribution in [3.05, 3.63) is 52.3 Å². The molecule has 0 atom stereocenters. The maximum absolute atomic E-state index is 6.00. The van der Waals surface area contributed by atoms with Crippen LogP contribution in [0, 0.1) is 0 Å². The summed E-state index contributed by atoms with van der Waals surface area (Å²) < 4.78 is 5.59. The summed E-state index contributed by atoms with van der Waals surface area (Å²) >= 11 is 11.8. The number of anilines is 1. The van der Waals surface area contributed by atoms with Gasteiger partial charge in [-0.25, -0.2) is 4.98 Å². The Hall–Kier alpha value is -1.45. The lowest BCUT2D eigenvalue weighted by molar-refractivity contribution is 0.301. The van der Waals surface area contributed by atoms with Crippen molar-refractivity contribution in [1.82, 2.24) is 4.98 Å². The number of hydrogen-bond donors (Lipinski definition) is 1. The fraction of sp³-hybridized carbons (Fsp3) is 0.154. The van der Waals surface area contributed by atoms with Crippen molar-refractivity contribution < 1.29 is 4.74 Å². The molecule has 0 aliphatic carbocycles. The zero-order valence-electron chi connectivity index (χ0n) is 9.78. The second-order valence-electron chi connectivity index (χ2n) is 3.63. The van der Waals surface area contributed by atoms with Crippen LogP contribution in [0.5, 0.6) is 5.75 Å². The van der Waals surface area contributed by atoms with E-state index in [2.05, 4.69) is 10.3 Å².